The van der Waals surface area contributed by atoms with E-state index < -0.39 is 0 Å². The van der Waals surface area contributed by atoms with E-state index in [-0.39, 0.29) is 28.9 Å². The highest BCUT2D eigenvalue weighted by Gasteiger charge is 2.35. The number of rotatable bonds is 6. The number of carbonyl (C=O) groups excluding carboxylic acids is 3. The van der Waals surface area contributed by atoms with Crippen LogP contribution in [-0.4, -0.2) is 54.3 Å². The molecule has 3 N–H and O–H groups in total. The average Bonchev–Trinajstić information content (AvgIpc) is 3.76. The molecule has 2 aromatic rings. The highest BCUT2D eigenvalue weighted by Crippen LogP contribution is 2.49. The van der Waals surface area contributed by atoms with Crippen molar-refractivity contribution in [2.24, 2.45) is 5.92 Å². The standard InChI is InChI=1S/C35H39N5O3S/c1-22-6-5-18-39(22)32-28(8-4-17-36-32)33(41)37-25-12-10-24(11-13-25)35(43)40-19-16-23-20-30(27-7-2-3-9-29(27)40)44-31(21-23)34(42)38-26-14-15-26/h2-4,7-13,21-23,26,30,36H,5-6,14-20H2,1H3,(H,37,41)(H,38,42). The summed E-state index contributed by atoms with van der Waals surface area (Å²) in [5.41, 5.74) is 3.85. The molecule has 7 rings (SSSR count). The Morgan fingerprint density at radius 2 is 1.77 bits per heavy atom. The summed E-state index contributed by atoms with van der Waals surface area (Å²) in [4.78, 5) is 45.2. The predicted molar refractivity (Wildman–Crippen MR) is 175 cm³/mol. The zero-order valence-electron chi connectivity index (χ0n) is 25.1. The number of carbonyl (C=O) groups is 3. The Labute approximate surface area is 263 Å². The quantitative estimate of drug-likeness (QED) is 0.401. The molecule has 0 radical (unpaired) electrons. The number of benzene rings is 2. The molecule has 3 atom stereocenters. The van der Waals surface area contributed by atoms with Crippen molar-refractivity contribution in [3.63, 3.8) is 0 Å². The first-order chi connectivity index (χ1) is 21.4. The van der Waals surface area contributed by atoms with E-state index >= 15 is 0 Å². The Morgan fingerprint density at radius 3 is 2.55 bits per heavy atom. The lowest BCUT2D eigenvalue weighted by atomic mass is 9.91. The predicted octanol–water partition coefficient (Wildman–Crippen LogP) is 5.49. The number of amides is 3. The Kier molecular flexibility index (Phi) is 7.97. The number of allylic oxidation sites excluding steroid dienone is 1. The Balaban J connectivity index is 1.08. The number of para-hydroxylation sites is 1. The van der Waals surface area contributed by atoms with Gasteiger partial charge in [-0.3, -0.25) is 14.4 Å². The van der Waals surface area contributed by atoms with Gasteiger partial charge in [-0.2, -0.15) is 0 Å². The molecule has 2 aromatic carbocycles. The van der Waals surface area contributed by atoms with Crippen LogP contribution >= 0.6 is 11.8 Å². The van der Waals surface area contributed by atoms with Gasteiger partial charge in [-0.25, -0.2) is 0 Å². The van der Waals surface area contributed by atoms with Gasteiger partial charge in [0.2, 0.25) is 0 Å². The van der Waals surface area contributed by atoms with Gasteiger partial charge in [-0.1, -0.05) is 30.4 Å². The topological polar surface area (TPSA) is 93.8 Å². The fourth-order valence-corrected chi connectivity index (χ4v) is 8.11. The molecule has 5 aliphatic rings. The number of nitrogens with zero attached hydrogens (tertiary/aromatic N) is 2. The summed E-state index contributed by atoms with van der Waals surface area (Å²) in [6.07, 6.45) is 12.1. The van der Waals surface area contributed by atoms with Crippen LogP contribution in [-0.2, 0) is 9.59 Å². The van der Waals surface area contributed by atoms with Crippen molar-refractivity contribution in [1.29, 1.82) is 0 Å². The van der Waals surface area contributed by atoms with Crippen LogP contribution in [0.5, 0.6) is 0 Å². The van der Waals surface area contributed by atoms with Crippen molar-refractivity contribution in [2.75, 3.05) is 29.9 Å². The largest absolute Gasteiger partial charge is 0.368 e. The Bertz CT molecular complexity index is 1560. The van der Waals surface area contributed by atoms with Crippen LogP contribution in [0.1, 0.15) is 66.6 Å². The zero-order chi connectivity index (χ0) is 30.2. The third-order valence-electron chi connectivity index (χ3n) is 9.25. The summed E-state index contributed by atoms with van der Waals surface area (Å²) in [5, 5.41) is 9.69. The number of thioether (sulfide) groups is 1. The molecular formula is C35H39N5O3S. The third-order valence-corrected chi connectivity index (χ3v) is 10.6. The highest BCUT2D eigenvalue weighted by atomic mass is 32.2. The van der Waals surface area contributed by atoms with E-state index in [0.717, 1.165) is 67.0 Å². The summed E-state index contributed by atoms with van der Waals surface area (Å²) in [5.74, 6) is 0.934. The number of hydrogen-bond donors (Lipinski definition) is 3. The molecule has 2 bridgehead atoms. The number of dihydropyridines is 1. The Morgan fingerprint density at radius 1 is 0.955 bits per heavy atom. The first kappa shape index (κ1) is 28.8. The molecule has 0 spiro atoms. The fraction of sp³-hybridized carbons (Fsp3) is 0.400. The normalized spacial score (nSPS) is 24.5. The van der Waals surface area contributed by atoms with E-state index in [2.05, 4.69) is 39.9 Å². The van der Waals surface area contributed by atoms with Crippen molar-refractivity contribution in [1.82, 2.24) is 15.5 Å². The molecule has 1 saturated heterocycles. The van der Waals surface area contributed by atoms with Crippen molar-refractivity contribution >= 4 is 40.9 Å². The summed E-state index contributed by atoms with van der Waals surface area (Å²) in [7, 11) is 0. The van der Waals surface area contributed by atoms with E-state index in [9.17, 15) is 14.4 Å². The monoisotopic (exact) mass is 609 g/mol. The number of likely N-dealkylation sites (tertiary alicyclic amines) is 1. The van der Waals surface area contributed by atoms with Crippen LogP contribution in [0.2, 0.25) is 0 Å². The van der Waals surface area contributed by atoms with Crippen molar-refractivity contribution in [3.8, 4) is 0 Å². The summed E-state index contributed by atoms with van der Waals surface area (Å²) >= 11 is 1.62. The molecule has 44 heavy (non-hydrogen) atoms. The van der Waals surface area contributed by atoms with E-state index in [1.165, 1.54) is 0 Å². The molecule has 3 amide bonds. The van der Waals surface area contributed by atoms with Gasteiger partial charge in [0.1, 0.15) is 5.82 Å². The van der Waals surface area contributed by atoms with E-state index in [1.807, 2.05) is 35.3 Å². The molecule has 228 valence electrons. The second kappa shape index (κ2) is 12.2. The lowest BCUT2D eigenvalue weighted by Crippen LogP contribution is -2.38. The SMILES string of the molecule is CC1CCCN1C1=C(C(=O)Nc2ccc(C(=O)N3CCC4C=C(C(=O)NC5CC5)SC(C4)c4ccccc43)cc2)C=CCN1. The van der Waals surface area contributed by atoms with Gasteiger partial charge in [0.05, 0.1) is 10.5 Å². The van der Waals surface area contributed by atoms with Gasteiger partial charge in [0, 0.05) is 53.9 Å². The van der Waals surface area contributed by atoms with Gasteiger partial charge in [0.25, 0.3) is 17.7 Å². The maximum atomic E-state index is 14.0. The Hall–Kier alpha value is -3.98. The molecule has 1 saturated carbocycles. The van der Waals surface area contributed by atoms with Gasteiger partial charge in [-0.05, 0) is 93.3 Å². The van der Waals surface area contributed by atoms with Crippen LogP contribution in [0.25, 0.3) is 0 Å². The summed E-state index contributed by atoms with van der Waals surface area (Å²) in [6.45, 7) is 4.41. The minimum absolute atomic E-state index is 0.0410. The second-order valence-corrected chi connectivity index (χ2v) is 13.7. The minimum atomic E-state index is -0.165. The van der Waals surface area contributed by atoms with Gasteiger partial charge in [-0.15, -0.1) is 11.8 Å². The molecule has 4 aliphatic heterocycles. The lowest BCUT2D eigenvalue weighted by molar-refractivity contribution is -0.117. The number of nitrogens with one attached hydrogen (secondary N) is 3. The molecule has 2 fully saturated rings. The maximum absolute atomic E-state index is 14.0. The lowest BCUT2D eigenvalue weighted by Gasteiger charge is -2.36. The van der Waals surface area contributed by atoms with Crippen LogP contribution < -0.4 is 20.9 Å². The number of hydrogen-bond acceptors (Lipinski definition) is 6. The molecule has 3 unspecified atom stereocenters. The average molecular weight is 610 g/mol. The highest BCUT2D eigenvalue weighted by molar-refractivity contribution is 8.04. The van der Waals surface area contributed by atoms with Crippen LogP contribution in [0.4, 0.5) is 11.4 Å². The van der Waals surface area contributed by atoms with E-state index in [1.54, 1.807) is 36.0 Å². The zero-order valence-corrected chi connectivity index (χ0v) is 25.9. The first-order valence-corrected chi connectivity index (χ1v) is 16.8. The third kappa shape index (κ3) is 5.89. The van der Waals surface area contributed by atoms with Crippen LogP contribution in [0.15, 0.2) is 83.1 Å². The summed E-state index contributed by atoms with van der Waals surface area (Å²) < 4.78 is 0. The van der Waals surface area contributed by atoms with Gasteiger partial charge >= 0.3 is 0 Å². The fourth-order valence-electron chi connectivity index (χ4n) is 6.70. The molecule has 1 aliphatic carbocycles. The van der Waals surface area contributed by atoms with Crippen molar-refractivity contribution < 1.29 is 14.4 Å². The molecule has 0 aromatic heterocycles. The van der Waals surface area contributed by atoms with E-state index in [4.69, 9.17) is 0 Å². The number of anilines is 2. The molecule has 9 heteroatoms. The van der Waals surface area contributed by atoms with Gasteiger partial charge < -0.3 is 25.8 Å². The van der Waals surface area contributed by atoms with Crippen molar-refractivity contribution in [3.05, 3.63) is 94.2 Å². The molecular weight excluding hydrogens is 570 g/mol. The van der Waals surface area contributed by atoms with Crippen molar-refractivity contribution in [2.45, 2.75) is 62.8 Å². The van der Waals surface area contributed by atoms with Gasteiger partial charge in [0.15, 0.2) is 0 Å². The minimum Gasteiger partial charge on any atom is -0.368 e. The van der Waals surface area contributed by atoms with Crippen LogP contribution in [0, 0.1) is 5.92 Å². The second-order valence-electron chi connectivity index (χ2n) is 12.4. The summed E-state index contributed by atoms with van der Waals surface area (Å²) in [6, 6.07) is 16.0. The van der Waals surface area contributed by atoms with Crippen LogP contribution in [0.3, 0.4) is 0 Å². The molecule has 4 heterocycles. The smallest absolute Gasteiger partial charge is 0.259 e. The number of fused-ring (bicyclic) bond motifs is 4. The molecule has 8 nitrogen and oxygen atoms in total. The van der Waals surface area contributed by atoms with E-state index in [0.29, 0.717) is 42.0 Å². The first-order valence-electron chi connectivity index (χ1n) is 15.9. The maximum Gasteiger partial charge on any atom is 0.259 e.